The van der Waals surface area contributed by atoms with Gasteiger partial charge in [0.15, 0.2) is 0 Å². The minimum Gasteiger partial charge on any atom is -0.481 e. The molecule has 2 rings (SSSR count). The standard InChI is InChI=1S/C15H18FNO3/c16-11-4-1-3-10(9-11)7-8-17-14(18)12-5-2-6-13(12)15(19)20/h1,3-4,9,12-13H,2,5-8H2,(H,17,18)(H,19,20). The number of carboxylic acid groups (broad SMARTS) is 1. The molecule has 2 unspecified atom stereocenters. The van der Waals surface area contributed by atoms with Gasteiger partial charge in [0.25, 0.3) is 0 Å². The van der Waals surface area contributed by atoms with Gasteiger partial charge in [-0.25, -0.2) is 4.39 Å². The highest BCUT2D eigenvalue weighted by Gasteiger charge is 2.37. The van der Waals surface area contributed by atoms with Crippen LogP contribution >= 0.6 is 0 Å². The Morgan fingerprint density at radius 3 is 2.75 bits per heavy atom. The second-order valence-electron chi connectivity index (χ2n) is 5.15. The molecule has 1 aliphatic rings. The van der Waals surface area contributed by atoms with E-state index in [9.17, 15) is 14.0 Å². The van der Waals surface area contributed by atoms with Gasteiger partial charge in [0.2, 0.25) is 5.91 Å². The van der Waals surface area contributed by atoms with Crippen LogP contribution in [0.4, 0.5) is 4.39 Å². The molecule has 0 aliphatic heterocycles. The molecule has 1 fully saturated rings. The molecule has 0 heterocycles. The second kappa shape index (κ2) is 6.50. The zero-order chi connectivity index (χ0) is 14.5. The number of carboxylic acids is 1. The summed E-state index contributed by atoms with van der Waals surface area (Å²) in [5.41, 5.74) is 0.812. The maximum Gasteiger partial charge on any atom is 0.307 e. The van der Waals surface area contributed by atoms with Crippen LogP contribution in [0.2, 0.25) is 0 Å². The highest BCUT2D eigenvalue weighted by molar-refractivity contribution is 5.85. The molecule has 0 radical (unpaired) electrons. The molecule has 1 saturated carbocycles. The molecular formula is C15H18FNO3. The van der Waals surface area contributed by atoms with Crippen molar-refractivity contribution in [1.29, 1.82) is 0 Å². The van der Waals surface area contributed by atoms with Crippen molar-refractivity contribution in [2.75, 3.05) is 6.54 Å². The van der Waals surface area contributed by atoms with E-state index in [4.69, 9.17) is 5.11 Å². The van der Waals surface area contributed by atoms with E-state index in [1.54, 1.807) is 12.1 Å². The normalized spacial score (nSPS) is 21.6. The molecule has 20 heavy (non-hydrogen) atoms. The lowest BCUT2D eigenvalue weighted by Gasteiger charge is -2.15. The third-order valence-corrected chi connectivity index (χ3v) is 3.77. The van der Waals surface area contributed by atoms with E-state index in [0.717, 1.165) is 12.0 Å². The molecule has 0 spiro atoms. The third kappa shape index (κ3) is 3.56. The molecule has 0 aromatic heterocycles. The molecule has 2 N–H and O–H groups in total. The average molecular weight is 279 g/mol. The first-order valence-electron chi connectivity index (χ1n) is 6.83. The SMILES string of the molecule is O=C(O)C1CCCC1C(=O)NCCc1cccc(F)c1. The maximum absolute atomic E-state index is 13.0. The van der Waals surface area contributed by atoms with Crippen LogP contribution in [0.3, 0.4) is 0 Å². The van der Waals surface area contributed by atoms with Crippen LogP contribution in [-0.4, -0.2) is 23.5 Å². The smallest absolute Gasteiger partial charge is 0.307 e. The summed E-state index contributed by atoms with van der Waals surface area (Å²) in [7, 11) is 0. The lowest BCUT2D eigenvalue weighted by Crippen LogP contribution is -2.36. The first-order valence-corrected chi connectivity index (χ1v) is 6.83. The van der Waals surface area contributed by atoms with Crippen molar-refractivity contribution in [1.82, 2.24) is 5.32 Å². The number of nitrogens with one attached hydrogen (secondary N) is 1. The first kappa shape index (κ1) is 14.5. The summed E-state index contributed by atoms with van der Waals surface area (Å²) in [4.78, 5) is 23.0. The van der Waals surface area contributed by atoms with E-state index >= 15 is 0 Å². The Labute approximate surface area is 117 Å². The summed E-state index contributed by atoms with van der Waals surface area (Å²) in [5, 5.41) is 11.8. The van der Waals surface area contributed by atoms with Gasteiger partial charge < -0.3 is 10.4 Å². The van der Waals surface area contributed by atoms with E-state index < -0.39 is 17.8 Å². The summed E-state index contributed by atoms with van der Waals surface area (Å²) >= 11 is 0. The van der Waals surface area contributed by atoms with E-state index in [1.165, 1.54) is 12.1 Å². The van der Waals surface area contributed by atoms with Gasteiger partial charge in [0.05, 0.1) is 11.8 Å². The lowest BCUT2D eigenvalue weighted by atomic mass is 9.95. The van der Waals surface area contributed by atoms with E-state index in [2.05, 4.69) is 5.32 Å². The van der Waals surface area contributed by atoms with Crippen molar-refractivity contribution in [3.8, 4) is 0 Å². The van der Waals surface area contributed by atoms with Gasteiger partial charge in [-0.1, -0.05) is 18.6 Å². The van der Waals surface area contributed by atoms with Gasteiger partial charge in [-0.05, 0) is 37.0 Å². The quantitative estimate of drug-likeness (QED) is 0.866. The van der Waals surface area contributed by atoms with Crippen LogP contribution in [-0.2, 0) is 16.0 Å². The highest BCUT2D eigenvalue weighted by atomic mass is 19.1. The van der Waals surface area contributed by atoms with Crippen LogP contribution < -0.4 is 5.32 Å². The molecular weight excluding hydrogens is 261 g/mol. The lowest BCUT2D eigenvalue weighted by molar-refractivity contribution is -0.146. The maximum atomic E-state index is 13.0. The van der Waals surface area contributed by atoms with Crippen molar-refractivity contribution >= 4 is 11.9 Å². The predicted octanol–water partition coefficient (Wildman–Crippen LogP) is 1.99. The number of rotatable bonds is 5. The molecule has 1 amide bonds. The van der Waals surface area contributed by atoms with Crippen molar-refractivity contribution in [2.24, 2.45) is 11.8 Å². The largest absolute Gasteiger partial charge is 0.481 e. The van der Waals surface area contributed by atoms with Gasteiger partial charge in [-0.3, -0.25) is 9.59 Å². The summed E-state index contributed by atoms with van der Waals surface area (Å²) in [6.07, 6.45) is 2.51. The first-order chi connectivity index (χ1) is 9.58. The number of amides is 1. The van der Waals surface area contributed by atoms with Gasteiger partial charge in [-0.15, -0.1) is 0 Å². The van der Waals surface area contributed by atoms with Crippen LogP contribution in [0.5, 0.6) is 0 Å². The fraction of sp³-hybridized carbons (Fsp3) is 0.467. The fourth-order valence-corrected chi connectivity index (χ4v) is 2.72. The predicted molar refractivity (Wildman–Crippen MR) is 71.6 cm³/mol. The number of aliphatic carboxylic acids is 1. The Morgan fingerprint density at radius 2 is 2.05 bits per heavy atom. The van der Waals surface area contributed by atoms with E-state index in [0.29, 0.717) is 25.8 Å². The number of carbonyl (C=O) groups is 2. The van der Waals surface area contributed by atoms with Crippen molar-refractivity contribution in [3.63, 3.8) is 0 Å². The van der Waals surface area contributed by atoms with Crippen LogP contribution in [0.1, 0.15) is 24.8 Å². The summed E-state index contributed by atoms with van der Waals surface area (Å²) < 4.78 is 13.0. The molecule has 0 bridgehead atoms. The van der Waals surface area contributed by atoms with Crippen molar-refractivity contribution < 1.29 is 19.1 Å². The molecule has 108 valence electrons. The zero-order valence-corrected chi connectivity index (χ0v) is 11.1. The molecule has 1 aromatic carbocycles. The van der Waals surface area contributed by atoms with Crippen molar-refractivity contribution in [3.05, 3.63) is 35.6 Å². The zero-order valence-electron chi connectivity index (χ0n) is 11.1. The number of hydrogen-bond donors (Lipinski definition) is 2. The minimum absolute atomic E-state index is 0.202. The number of hydrogen-bond acceptors (Lipinski definition) is 2. The number of carbonyl (C=O) groups excluding carboxylic acids is 1. The molecule has 5 heteroatoms. The number of benzene rings is 1. The summed E-state index contributed by atoms with van der Waals surface area (Å²) in [6.45, 7) is 0.394. The number of halogens is 1. The van der Waals surface area contributed by atoms with Gasteiger partial charge >= 0.3 is 5.97 Å². The topological polar surface area (TPSA) is 66.4 Å². The van der Waals surface area contributed by atoms with Crippen LogP contribution in [0.25, 0.3) is 0 Å². The van der Waals surface area contributed by atoms with Gasteiger partial charge in [-0.2, -0.15) is 0 Å². The van der Waals surface area contributed by atoms with Crippen molar-refractivity contribution in [2.45, 2.75) is 25.7 Å². The third-order valence-electron chi connectivity index (χ3n) is 3.77. The molecule has 0 saturated heterocycles. The minimum atomic E-state index is -0.896. The second-order valence-corrected chi connectivity index (χ2v) is 5.15. The Kier molecular flexibility index (Phi) is 4.71. The average Bonchev–Trinajstić information content (AvgIpc) is 2.88. The fourth-order valence-electron chi connectivity index (χ4n) is 2.72. The van der Waals surface area contributed by atoms with Crippen LogP contribution in [0.15, 0.2) is 24.3 Å². The Hall–Kier alpha value is -1.91. The Balaban J connectivity index is 1.82. The molecule has 4 nitrogen and oxygen atoms in total. The Bertz CT molecular complexity index is 504. The summed E-state index contributed by atoms with van der Waals surface area (Å²) in [6, 6.07) is 6.23. The Morgan fingerprint density at radius 1 is 1.30 bits per heavy atom. The van der Waals surface area contributed by atoms with Crippen LogP contribution in [0, 0.1) is 17.7 Å². The van der Waals surface area contributed by atoms with E-state index in [-0.39, 0.29) is 11.7 Å². The monoisotopic (exact) mass is 279 g/mol. The highest BCUT2D eigenvalue weighted by Crippen LogP contribution is 2.31. The van der Waals surface area contributed by atoms with E-state index in [1.807, 2.05) is 0 Å². The van der Waals surface area contributed by atoms with Gasteiger partial charge in [0, 0.05) is 6.54 Å². The summed E-state index contributed by atoms with van der Waals surface area (Å²) in [5.74, 6) is -2.39. The molecule has 1 aromatic rings. The van der Waals surface area contributed by atoms with Gasteiger partial charge in [0.1, 0.15) is 5.82 Å². The molecule has 1 aliphatic carbocycles. The molecule has 2 atom stereocenters.